The maximum atomic E-state index is 13.7. The molecular weight excluding hydrogens is 639 g/mol. The number of carbonyl (C=O) groups is 4. The molecule has 2 saturated carbocycles. The first kappa shape index (κ1) is 25.7. The maximum Gasteiger partial charge on any atom is 0.274 e. The van der Waals surface area contributed by atoms with Crippen LogP contribution in [0.1, 0.15) is 27.1 Å². The Morgan fingerprint density at radius 2 is 1.58 bits per heavy atom. The number of benzene rings is 2. The number of halogens is 4. The van der Waals surface area contributed by atoms with E-state index < -0.39 is 41.9 Å². The third kappa shape index (κ3) is 4.08. The second kappa shape index (κ2) is 9.74. The van der Waals surface area contributed by atoms with Gasteiger partial charge in [-0.2, -0.15) is 5.01 Å². The lowest BCUT2D eigenvalue weighted by atomic mass is 9.81. The lowest BCUT2D eigenvalue weighted by Crippen LogP contribution is -2.52. The van der Waals surface area contributed by atoms with Crippen molar-refractivity contribution in [2.24, 2.45) is 23.7 Å². The number of amides is 3. The van der Waals surface area contributed by atoms with Gasteiger partial charge in [0.2, 0.25) is 0 Å². The summed E-state index contributed by atoms with van der Waals surface area (Å²) in [6.45, 7) is -0.522. The quantitative estimate of drug-likeness (QED) is 0.247. The van der Waals surface area contributed by atoms with E-state index in [1.54, 1.807) is 24.3 Å². The highest BCUT2D eigenvalue weighted by Gasteiger charge is 2.67. The zero-order chi connectivity index (χ0) is 25.9. The van der Waals surface area contributed by atoms with E-state index in [-0.39, 0.29) is 32.1 Å². The first-order valence-electron chi connectivity index (χ1n) is 11.2. The molecular formula is C25H20Br2Cl2N2O5. The van der Waals surface area contributed by atoms with Crippen molar-refractivity contribution >= 4 is 78.6 Å². The van der Waals surface area contributed by atoms with E-state index in [4.69, 9.17) is 27.9 Å². The predicted octanol–water partition coefficient (Wildman–Crippen LogP) is 5.02. The van der Waals surface area contributed by atoms with Crippen molar-refractivity contribution in [2.45, 2.75) is 16.1 Å². The van der Waals surface area contributed by atoms with Gasteiger partial charge in [0, 0.05) is 20.2 Å². The van der Waals surface area contributed by atoms with Crippen LogP contribution in [0.25, 0.3) is 0 Å². The highest BCUT2D eigenvalue weighted by atomic mass is 79.9. The summed E-state index contributed by atoms with van der Waals surface area (Å²) >= 11 is 19.6. The molecule has 1 saturated heterocycles. The van der Waals surface area contributed by atoms with Crippen LogP contribution < -0.4 is 4.74 Å². The number of Topliss-reactive ketones (excluding diaryl/α,β-unsaturated/α-hetero) is 1. The zero-order valence-corrected chi connectivity index (χ0v) is 23.6. The van der Waals surface area contributed by atoms with Crippen molar-refractivity contribution < 1.29 is 23.9 Å². The molecule has 3 amide bonds. The van der Waals surface area contributed by atoms with Crippen LogP contribution in [0.3, 0.4) is 0 Å². The number of hydrogen-bond acceptors (Lipinski definition) is 5. The van der Waals surface area contributed by atoms with Crippen LogP contribution in [-0.2, 0) is 9.59 Å². The van der Waals surface area contributed by atoms with Crippen molar-refractivity contribution in [3.63, 3.8) is 0 Å². The number of alkyl halides is 2. The first-order chi connectivity index (χ1) is 17.1. The van der Waals surface area contributed by atoms with Crippen molar-refractivity contribution in [1.29, 1.82) is 0 Å². The molecule has 11 heteroatoms. The molecule has 0 N–H and O–H groups in total. The Kier molecular flexibility index (Phi) is 6.95. The minimum absolute atomic E-state index is 0.0287. The number of carbonyl (C=O) groups excluding carboxylic acids is 4. The van der Waals surface area contributed by atoms with Crippen LogP contribution >= 0.6 is 55.1 Å². The Bertz CT molecular complexity index is 1240. The topological polar surface area (TPSA) is 84.0 Å². The van der Waals surface area contributed by atoms with Crippen molar-refractivity contribution in [3.05, 3.63) is 63.6 Å². The average Bonchev–Trinajstić information content (AvgIpc) is 3.47. The number of fused-ring (bicyclic) bond motifs is 5. The smallest absolute Gasteiger partial charge is 0.274 e. The summed E-state index contributed by atoms with van der Waals surface area (Å²) in [7, 11) is 1.51. The van der Waals surface area contributed by atoms with Crippen LogP contribution in [-0.4, -0.2) is 56.8 Å². The van der Waals surface area contributed by atoms with Gasteiger partial charge in [0.1, 0.15) is 12.3 Å². The van der Waals surface area contributed by atoms with E-state index >= 15 is 0 Å². The van der Waals surface area contributed by atoms with Gasteiger partial charge >= 0.3 is 0 Å². The second-order valence-electron chi connectivity index (χ2n) is 9.13. The second-order valence-corrected chi connectivity index (χ2v) is 12.1. The SMILES string of the molecule is COc1ccc(C(=O)CN(C(=O)c2ccc(Cl)cc2Cl)N2C(=O)[C@@H]3[C@H]4C[C@@H]([C@H](Br)[C@H]4Br)[C@@H]3C2=O)cc1. The fraction of sp³-hybridized carbons (Fsp3) is 0.360. The number of methoxy groups -OCH3 is 1. The average molecular weight is 659 g/mol. The minimum atomic E-state index is -0.738. The maximum absolute atomic E-state index is 13.7. The van der Waals surface area contributed by atoms with E-state index in [0.717, 1.165) is 16.4 Å². The summed E-state index contributed by atoms with van der Waals surface area (Å²) in [5.74, 6) is -2.75. The fourth-order valence-electron chi connectivity index (χ4n) is 5.61. The lowest BCUT2D eigenvalue weighted by Gasteiger charge is -2.31. The Labute approximate surface area is 234 Å². The summed E-state index contributed by atoms with van der Waals surface area (Å²) in [6.07, 6.45) is 0.744. The van der Waals surface area contributed by atoms with Crippen LogP contribution in [0.2, 0.25) is 10.0 Å². The molecule has 3 fully saturated rings. The number of rotatable bonds is 6. The number of ether oxygens (including phenoxy) is 1. The van der Waals surface area contributed by atoms with Gasteiger partial charge in [-0.1, -0.05) is 55.1 Å². The molecule has 0 unspecified atom stereocenters. The third-order valence-electron chi connectivity index (χ3n) is 7.31. The molecule has 36 heavy (non-hydrogen) atoms. The molecule has 5 rings (SSSR count). The van der Waals surface area contributed by atoms with Crippen LogP contribution in [0.15, 0.2) is 42.5 Å². The van der Waals surface area contributed by atoms with Crippen LogP contribution in [0.5, 0.6) is 5.75 Å². The van der Waals surface area contributed by atoms with Crippen molar-refractivity contribution in [2.75, 3.05) is 13.7 Å². The zero-order valence-electron chi connectivity index (χ0n) is 18.9. The van der Waals surface area contributed by atoms with Crippen LogP contribution in [0.4, 0.5) is 0 Å². The number of hydrogen-bond donors (Lipinski definition) is 0. The summed E-state index contributed by atoms with van der Waals surface area (Å²) < 4.78 is 5.14. The van der Waals surface area contributed by atoms with E-state index in [1.807, 2.05) is 0 Å². The van der Waals surface area contributed by atoms with Gasteiger partial charge in [-0.15, -0.1) is 0 Å². The molecule has 1 heterocycles. The molecule has 2 bridgehead atoms. The summed E-state index contributed by atoms with van der Waals surface area (Å²) in [4.78, 5) is 54.3. The van der Waals surface area contributed by atoms with E-state index in [2.05, 4.69) is 31.9 Å². The Hall–Kier alpha value is -1.94. The number of imide groups is 1. The number of ketones is 1. The Balaban J connectivity index is 1.51. The van der Waals surface area contributed by atoms with Crippen molar-refractivity contribution in [3.8, 4) is 5.75 Å². The Morgan fingerprint density at radius 1 is 1.00 bits per heavy atom. The summed E-state index contributed by atoms with van der Waals surface area (Å²) in [5, 5.41) is 2.17. The summed E-state index contributed by atoms with van der Waals surface area (Å²) in [5.41, 5.74) is 0.331. The molecule has 0 radical (unpaired) electrons. The van der Waals surface area contributed by atoms with Gasteiger partial charge in [-0.3, -0.25) is 19.2 Å². The molecule has 1 aliphatic heterocycles. The number of nitrogens with zero attached hydrogens (tertiary/aromatic N) is 2. The molecule has 188 valence electrons. The molecule has 2 aromatic carbocycles. The highest BCUT2D eigenvalue weighted by Crippen LogP contribution is 2.60. The highest BCUT2D eigenvalue weighted by molar-refractivity contribution is 9.12. The standard InChI is InChI=1S/C25H20Br2Cl2N2O5/c1-36-13-5-2-11(3-6-13)18(32)10-30(23(33)14-7-4-12(28)8-17(14)29)31-24(34)19-15-9-16(20(19)25(31)35)22(27)21(15)26/h2-8,15-16,19-22H,9-10H2,1H3/t15-,16-,19-,20+,21+,22+/m1/s1. The van der Waals surface area contributed by atoms with Crippen LogP contribution in [0, 0.1) is 23.7 Å². The lowest BCUT2D eigenvalue weighted by molar-refractivity contribution is -0.154. The molecule has 2 aliphatic carbocycles. The molecule has 3 aliphatic rings. The van der Waals surface area contributed by atoms with E-state index in [1.165, 1.54) is 25.3 Å². The third-order valence-corrected chi connectivity index (χ3v) is 11.1. The monoisotopic (exact) mass is 656 g/mol. The molecule has 6 atom stereocenters. The summed E-state index contributed by atoms with van der Waals surface area (Å²) in [6, 6.07) is 10.7. The van der Waals surface area contributed by atoms with Gasteiger partial charge in [0.05, 0.1) is 29.5 Å². The molecule has 0 aromatic heterocycles. The van der Waals surface area contributed by atoms with Crippen molar-refractivity contribution in [1.82, 2.24) is 10.0 Å². The normalized spacial score (nSPS) is 28.4. The Morgan fingerprint density at radius 3 is 2.11 bits per heavy atom. The fourth-order valence-corrected chi connectivity index (χ4v) is 7.97. The van der Waals surface area contributed by atoms with E-state index in [9.17, 15) is 19.2 Å². The largest absolute Gasteiger partial charge is 0.497 e. The van der Waals surface area contributed by atoms with Gasteiger partial charge in [-0.25, -0.2) is 5.01 Å². The molecule has 7 nitrogen and oxygen atoms in total. The predicted molar refractivity (Wildman–Crippen MR) is 141 cm³/mol. The minimum Gasteiger partial charge on any atom is -0.497 e. The van der Waals surface area contributed by atoms with Gasteiger partial charge in [0.15, 0.2) is 5.78 Å². The number of hydrazine groups is 1. The van der Waals surface area contributed by atoms with Gasteiger partial charge in [0.25, 0.3) is 17.7 Å². The molecule has 2 aromatic rings. The van der Waals surface area contributed by atoms with E-state index in [0.29, 0.717) is 16.3 Å². The molecule has 0 spiro atoms. The van der Waals surface area contributed by atoms with Gasteiger partial charge in [-0.05, 0) is 60.7 Å². The van der Waals surface area contributed by atoms with Gasteiger partial charge < -0.3 is 4.74 Å². The first-order valence-corrected chi connectivity index (χ1v) is 13.8.